The molecule has 0 aliphatic heterocycles. The fourth-order valence-corrected chi connectivity index (χ4v) is 1.19. The summed E-state index contributed by atoms with van der Waals surface area (Å²) in [4.78, 5) is 13.7. The van der Waals surface area contributed by atoms with Crippen LogP contribution in [0.15, 0.2) is 0 Å². The van der Waals surface area contributed by atoms with Gasteiger partial charge in [0.2, 0.25) is 5.91 Å². The molecule has 0 aromatic rings. The predicted molar refractivity (Wildman–Crippen MR) is 55.4 cm³/mol. The first-order valence-electron chi connectivity index (χ1n) is 4.99. The summed E-state index contributed by atoms with van der Waals surface area (Å²) in [6, 6.07) is 0. The third-order valence-corrected chi connectivity index (χ3v) is 2.25. The first kappa shape index (κ1) is 12.4. The highest BCUT2D eigenvalue weighted by molar-refractivity contribution is 5.82. The van der Waals surface area contributed by atoms with Crippen molar-refractivity contribution in [2.45, 2.75) is 34.1 Å². The van der Waals surface area contributed by atoms with Crippen molar-refractivity contribution < 1.29 is 4.79 Å². The lowest BCUT2D eigenvalue weighted by Gasteiger charge is -2.30. The zero-order chi connectivity index (χ0) is 10.5. The maximum absolute atomic E-state index is 11.9. The van der Waals surface area contributed by atoms with Crippen molar-refractivity contribution in [2.24, 2.45) is 11.1 Å². The molecule has 0 bridgehead atoms. The number of amides is 1. The van der Waals surface area contributed by atoms with Gasteiger partial charge in [-0.1, -0.05) is 6.92 Å². The van der Waals surface area contributed by atoms with E-state index < -0.39 is 5.41 Å². The Kier molecular flexibility index (Phi) is 4.99. The molecule has 0 atom stereocenters. The Balaban J connectivity index is 4.36. The van der Waals surface area contributed by atoms with Crippen LogP contribution in [0.4, 0.5) is 0 Å². The molecule has 0 heterocycles. The Labute approximate surface area is 81.3 Å². The molecular weight excluding hydrogens is 164 g/mol. The number of hydrogen-bond donors (Lipinski definition) is 1. The zero-order valence-corrected chi connectivity index (χ0v) is 9.26. The van der Waals surface area contributed by atoms with E-state index in [4.69, 9.17) is 5.73 Å². The molecule has 0 radical (unpaired) electrons. The summed E-state index contributed by atoms with van der Waals surface area (Å²) in [5.41, 5.74) is 5.14. The average molecular weight is 186 g/mol. The molecule has 0 unspecified atom stereocenters. The largest absolute Gasteiger partial charge is 0.342 e. The molecular formula is C10H22N2O. The fourth-order valence-electron chi connectivity index (χ4n) is 1.19. The maximum Gasteiger partial charge on any atom is 0.229 e. The monoisotopic (exact) mass is 186 g/mol. The van der Waals surface area contributed by atoms with Crippen LogP contribution in [0.1, 0.15) is 34.1 Å². The van der Waals surface area contributed by atoms with E-state index in [1.54, 1.807) is 0 Å². The summed E-state index contributed by atoms with van der Waals surface area (Å²) >= 11 is 0. The van der Waals surface area contributed by atoms with E-state index in [0.717, 1.165) is 19.5 Å². The fraction of sp³-hybridized carbons (Fsp3) is 0.900. The maximum atomic E-state index is 11.9. The highest BCUT2D eigenvalue weighted by Crippen LogP contribution is 2.16. The number of nitrogens with zero attached hydrogens (tertiary/aromatic N) is 1. The molecule has 0 fully saturated rings. The van der Waals surface area contributed by atoms with E-state index in [9.17, 15) is 4.79 Å². The molecule has 0 saturated heterocycles. The summed E-state index contributed by atoms with van der Waals surface area (Å²) in [6.07, 6.45) is 1.00. The summed E-state index contributed by atoms with van der Waals surface area (Å²) in [6.45, 7) is 9.88. The second-order valence-corrected chi connectivity index (χ2v) is 3.97. The van der Waals surface area contributed by atoms with Gasteiger partial charge in [-0.15, -0.1) is 0 Å². The molecule has 0 aromatic carbocycles. The number of rotatable bonds is 5. The van der Waals surface area contributed by atoms with E-state index in [0.29, 0.717) is 6.54 Å². The number of hydrogen-bond acceptors (Lipinski definition) is 2. The van der Waals surface area contributed by atoms with Crippen LogP contribution in [0.25, 0.3) is 0 Å². The van der Waals surface area contributed by atoms with Crippen molar-refractivity contribution in [1.29, 1.82) is 0 Å². The van der Waals surface area contributed by atoms with Crippen molar-refractivity contribution in [3.8, 4) is 0 Å². The normalized spacial score (nSPS) is 11.5. The predicted octanol–water partition coefficient (Wildman–Crippen LogP) is 1.23. The second-order valence-electron chi connectivity index (χ2n) is 3.97. The van der Waals surface area contributed by atoms with Gasteiger partial charge in [0.05, 0.1) is 5.41 Å². The second kappa shape index (κ2) is 5.22. The Bertz CT molecular complexity index is 166. The van der Waals surface area contributed by atoms with Crippen LogP contribution in [-0.2, 0) is 4.79 Å². The van der Waals surface area contributed by atoms with Crippen LogP contribution >= 0.6 is 0 Å². The Morgan fingerprint density at radius 2 is 1.92 bits per heavy atom. The van der Waals surface area contributed by atoms with Gasteiger partial charge < -0.3 is 10.6 Å². The van der Waals surface area contributed by atoms with Crippen molar-refractivity contribution in [3.05, 3.63) is 0 Å². The van der Waals surface area contributed by atoms with Gasteiger partial charge in [-0.25, -0.2) is 0 Å². The summed E-state index contributed by atoms with van der Waals surface area (Å²) in [5, 5.41) is 0. The van der Waals surface area contributed by atoms with E-state index in [1.807, 2.05) is 25.7 Å². The van der Waals surface area contributed by atoms with Crippen molar-refractivity contribution in [1.82, 2.24) is 4.90 Å². The lowest BCUT2D eigenvalue weighted by Crippen LogP contribution is -2.44. The van der Waals surface area contributed by atoms with Gasteiger partial charge in [0, 0.05) is 19.6 Å². The summed E-state index contributed by atoms with van der Waals surface area (Å²) in [7, 11) is 0. The highest BCUT2D eigenvalue weighted by atomic mass is 16.2. The number of carbonyl (C=O) groups is 1. The minimum absolute atomic E-state index is 0.166. The Hall–Kier alpha value is -0.570. The first-order valence-corrected chi connectivity index (χ1v) is 4.99. The van der Waals surface area contributed by atoms with Crippen LogP contribution in [0, 0.1) is 5.41 Å². The van der Waals surface area contributed by atoms with E-state index >= 15 is 0 Å². The van der Waals surface area contributed by atoms with Gasteiger partial charge >= 0.3 is 0 Å². The van der Waals surface area contributed by atoms with Crippen molar-refractivity contribution in [3.63, 3.8) is 0 Å². The molecule has 0 aliphatic carbocycles. The van der Waals surface area contributed by atoms with Gasteiger partial charge in [0.25, 0.3) is 0 Å². The molecule has 0 spiro atoms. The smallest absolute Gasteiger partial charge is 0.229 e. The van der Waals surface area contributed by atoms with E-state index in [-0.39, 0.29) is 5.91 Å². The number of carbonyl (C=O) groups excluding carboxylic acids is 1. The van der Waals surface area contributed by atoms with Gasteiger partial charge in [0.15, 0.2) is 0 Å². The van der Waals surface area contributed by atoms with Crippen LogP contribution in [0.5, 0.6) is 0 Å². The molecule has 0 aromatic heterocycles. The van der Waals surface area contributed by atoms with E-state index in [2.05, 4.69) is 6.92 Å². The quantitative estimate of drug-likeness (QED) is 0.702. The zero-order valence-electron chi connectivity index (χ0n) is 9.26. The SMILES string of the molecule is CCCN(CC)C(=O)C(C)(C)CN. The molecule has 0 rings (SSSR count). The van der Waals surface area contributed by atoms with Crippen molar-refractivity contribution in [2.75, 3.05) is 19.6 Å². The Morgan fingerprint density at radius 3 is 2.23 bits per heavy atom. The first-order chi connectivity index (χ1) is 5.99. The summed E-state index contributed by atoms with van der Waals surface area (Å²) in [5.74, 6) is 0.166. The molecule has 0 saturated carbocycles. The van der Waals surface area contributed by atoms with Crippen LogP contribution in [-0.4, -0.2) is 30.4 Å². The number of nitrogens with two attached hydrogens (primary N) is 1. The Morgan fingerprint density at radius 1 is 1.38 bits per heavy atom. The van der Waals surface area contributed by atoms with Crippen molar-refractivity contribution >= 4 is 5.91 Å². The molecule has 3 nitrogen and oxygen atoms in total. The topological polar surface area (TPSA) is 46.3 Å². The van der Waals surface area contributed by atoms with Crippen LogP contribution in [0.3, 0.4) is 0 Å². The lowest BCUT2D eigenvalue weighted by molar-refractivity contribution is -0.139. The average Bonchev–Trinajstić information content (AvgIpc) is 2.13. The molecule has 2 N–H and O–H groups in total. The molecule has 3 heteroatoms. The highest BCUT2D eigenvalue weighted by Gasteiger charge is 2.29. The summed E-state index contributed by atoms with van der Waals surface area (Å²) < 4.78 is 0. The van der Waals surface area contributed by atoms with Crippen LogP contribution in [0.2, 0.25) is 0 Å². The minimum Gasteiger partial charge on any atom is -0.342 e. The van der Waals surface area contributed by atoms with Gasteiger partial charge in [-0.05, 0) is 27.2 Å². The molecule has 0 aliphatic rings. The van der Waals surface area contributed by atoms with E-state index in [1.165, 1.54) is 0 Å². The lowest BCUT2D eigenvalue weighted by atomic mass is 9.92. The van der Waals surface area contributed by atoms with Crippen LogP contribution < -0.4 is 5.73 Å². The van der Waals surface area contributed by atoms with Gasteiger partial charge in [0.1, 0.15) is 0 Å². The third kappa shape index (κ3) is 3.35. The minimum atomic E-state index is -0.412. The van der Waals surface area contributed by atoms with Gasteiger partial charge in [-0.3, -0.25) is 4.79 Å². The molecule has 78 valence electrons. The third-order valence-electron chi connectivity index (χ3n) is 2.25. The molecule has 13 heavy (non-hydrogen) atoms. The van der Waals surface area contributed by atoms with Gasteiger partial charge in [-0.2, -0.15) is 0 Å². The standard InChI is InChI=1S/C10H22N2O/c1-5-7-12(6-2)9(13)10(3,4)8-11/h5-8,11H2,1-4H3. The molecule has 1 amide bonds.